The summed E-state index contributed by atoms with van der Waals surface area (Å²) in [5.74, 6) is -1.61. The van der Waals surface area contributed by atoms with Crippen LogP contribution < -0.4 is 16.2 Å². The monoisotopic (exact) mass is 378 g/mol. The van der Waals surface area contributed by atoms with Crippen molar-refractivity contribution in [3.63, 3.8) is 0 Å². The summed E-state index contributed by atoms with van der Waals surface area (Å²) in [6.07, 6.45) is 1.63. The molecular formula is C16H15ClN4O3S. The maximum absolute atomic E-state index is 12.7. The summed E-state index contributed by atoms with van der Waals surface area (Å²) >= 11 is 7.30. The highest BCUT2D eigenvalue weighted by Crippen LogP contribution is 2.30. The Balaban J connectivity index is 1.95. The van der Waals surface area contributed by atoms with Crippen molar-refractivity contribution in [1.82, 2.24) is 9.97 Å². The first-order chi connectivity index (χ1) is 11.9. The average molecular weight is 379 g/mol. The first kappa shape index (κ1) is 17.5. The molecule has 0 bridgehead atoms. The molecule has 3 N–H and O–H groups in total. The minimum Gasteiger partial charge on any atom is -0.325 e. The van der Waals surface area contributed by atoms with E-state index in [2.05, 4.69) is 20.6 Å². The fourth-order valence-electron chi connectivity index (χ4n) is 2.57. The van der Waals surface area contributed by atoms with Gasteiger partial charge in [0.2, 0.25) is 11.8 Å². The summed E-state index contributed by atoms with van der Waals surface area (Å²) in [4.78, 5) is 43.7. The number of hydrogen-bond acceptors (Lipinski definition) is 5. The molecule has 0 radical (unpaired) electrons. The third-order valence-corrected chi connectivity index (χ3v) is 4.87. The molecule has 9 heteroatoms. The van der Waals surface area contributed by atoms with E-state index in [1.165, 1.54) is 11.8 Å². The van der Waals surface area contributed by atoms with Crippen LogP contribution in [0, 0.1) is 6.92 Å². The van der Waals surface area contributed by atoms with Crippen molar-refractivity contribution in [3.8, 4) is 0 Å². The van der Waals surface area contributed by atoms with Crippen molar-refractivity contribution >= 4 is 46.7 Å². The number of aryl methyl sites for hydroxylation is 1. The van der Waals surface area contributed by atoms with Gasteiger partial charge in [0.05, 0.1) is 11.5 Å². The van der Waals surface area contributed by atoms with Gasteiger partial charge in [0.15, 0.2) is 5.16 Å². The van der Waals surface area contributed by atoms with E-state index in [1.807, 2.05) is 6.92 Å². The third-order valence-electron chi connectivity index (χ3n) is 3.88. The largest absolute Gasteiger partial charge is 0.325 e. The van der Waals surface area contributed by atoms with Gasteiger partial charge in [-0.1, -0.05) is 29.4 Å². The first-order valence-corrected chi connectivity index (χ1v) is 9.04. The molecule has 0 unspecified atom stereocenters. The van der Waals surface area contributed by atoms with Gasteiger partial charge >= 0.3 is 0 Å². The Hall–Kier alpha value is -2.32. The quantitative estimate of drug-likeness (QED) is 0.562. The lowest BCUT2D eigenvalue weighted by atomic mass is 9.92. The maximum Gasteiger partial charge on any atom is 0.257 e. The number of nitrogens with zero attached hydrogens (tertiary/aromatic N) is 1. The van der Waals surface area contributed by atoms with Crippen LogP contribution in [0.3, 0.4) is 0 Å². The Bertz CT molecular complexity index is 928. The predicted molar refractivity (Wildman–Crippen MR) is 97.4 cm³/mol. The zero-order valence-corrected chi connectivity index (χ0v) is 15.0. The van der Waals surface area contributed by atoms with Crippen LogP contribution in [0.25, 0.3) is 0 Å². The molecule has 25 heavy (non-hydrogen) atoms. The van der Waals surface area contributed by atoms with Crippen molar-refractivity contribution in [3.05, 3.63) is 44.7 Å². The number of hydrogen-bond donors (Lipinski definition) is 3. The van der Waals surface area contributed by atoms with Gasteiger partial charge in [-0.3, -0.25) is 14.4 Å². The van der Waals surface area contributed by atoms with Gasteiger partial charge in [0.1, 0.15) is 5.82 Å². The van der Waals surface area contributed by atoms with E-state index in [1.54, 1.807) is 24.5 Å². The number of fused-ring (bicyclic) bond motifs is 1. The number of halogens is 1. The number of carbonyl (C=O) groups is 2. The standard InChI is InChI=1S/C16H15ClN4O3S/c1-7-3-4-8(5-10(7)17)18-14(23)9-6-11(22)19-13-12(9)15(24)21-16(20-13)25-2/h3-5,9H,6H2,1-2H3,(H,18,23)(H2,19,20,21,22,24)/t9-/m0/s1. The summed E-state index contributed by atoms with van der Waals surface area (Å²) in [5, 5.41) is 6.15. The molecule has 1 atom stereocenters. The van der Waals surface area contributed by atoms with Gasteiger partial charge in [0.25, 0.3) is 5.56 Å². The number of aromatic amines is 1. The molecular weight excluding hydrogens is 364 g/mol. The number of anilines is 2. The fraction of sp³-hybridized carbons (Fsp3) is 0.250. The average Bonchev–Trinajstić information content (AvgIpc) is 2.56. The van der Waals surface area contributed by atoms with Crippen LogP contribution in [0.5, 0.6) is 0 Å². The van der Waals surface area contributed by atoms with E-state index in [0.717, 1.165) is 5.56 Å². The van der Waals surface area contributed by atoms with Crippen LogP contribution in [-0.2, 0) is 9.59 Å². The number of nitrogens with one attached hydrogen (secondary N) is 3. The Kier molecular flexibility index (Phi) is 4.82. The lowest BCUT2D eigenvalue weighted by molar-refractivity contribution is -0.123. The fourth-order valence-corrected chi connectivity index (χ4v) is 3.13. The van der Waals surface area contributed by atoms with E-state index in [0.29, 0.717) is 15.9 Å². The highest BCUT2D eigenvalue weighted by atomic mass is 35.5. The minimum absolute atomic E-state index is 0.123. The van der Waals surface area contributed by atoms with E-state index >= 15 is 0 Å². The van der Waals surface area contributed by atoms with Crippen molar-refractivity contribution in [2.75, 3.05) is 16.9 Å². The molecule has 7 nitrogen and oxygen atoms in total. The van der Waals surface area contributed by atoms with Gasteiger partial charge in [-0.15, -0.1) is 0 Å². The number of aromatic nitrogens is 2. The molecule has 1 aliphatic heterocycles. The minimum atomic E-state index is -0.920. The van der Waals surface area contributed by atoms with Crippen LogP contribution in [0.4, 0.5) is 11.5 Å². The maximum atomic E-state index is 12.7. The zero-order valence-electron chi connectivity index (χ0n) is 13.5. The summed E-state index contributed by atoms with van der Waals surface area (Å²) in [6, 6.07) is 5.11. The Morgan fingerprint density at radius 3 is 2.84 bits per heavy atom. The molecule has 0 saturated heterocycles. The van der Waals surface area contributed by atoms with Crippen LogP contribution >= 0.6 is 23.4 Å². The topological polar surface area (TPSA) is 104 Å². The normalized spacial score (nSPS) is 16.1. The highest BCUT2D eigenvalue weighted by Gasteiger charge is 2.34. The second-order valence-electron chi connectivity index (χ2n) is 5.60. The van der Waals surface area contributed by atoms with Gasteiger partial charge in [-0.25, -0.2) is 4.98 Å². The zero-order chi connectivity index (χ0) is 18.1. The van der Waals surface area contributed by atoms with Crippen molar-refractivity contribution in [2.24, 2.45) is 0 Å². The number of carbonyl (C=O) groups excluding carboxylic acids is 2. The Morgan fingerprint density at radius 2 is 2.16 bits per heavy atom. The molecule has 1 aliphatic rings. The Morgan fingerprint density at radius 1 is 1.40 bits per heavy atom. The summed E-state index contributed by atoms with van der Waals surface area (Å²) in [7, 11) is 0. The van der Waals surface area contributed by atoms with Gasteiger partial charge in [-0.05, 0) is 30.9 Å². The number of H-pyrrole nitrogens is 1. The lowest BCUT2D eigenvalue weighted by Crippen LogP contribution is -2.36. The van der Waals surface area contributed by atoms with Crippen LogP contribution in [0.2, 0.25) is 5.02 Å². The molecule has 2 aromatic rings. The summed E-state index contributed by atoms with van der Waals surface area (Å²) < 4.78 is 0. The molecule has 2 amide bonds. The van der Waals surface area contributed by atoms with E-state index < -0.39 is 17.4 Å². The summed E-state index contributed by atoms with van der Waals surface area (Å²) in [5.41, 5.74) is 1.11. The molecule has 3 rings (SSSR count). The Labute approximate surface area is 152 Å². The molecule has 0 spiro atoms. The number of rotatable bonds is 3. The molecule has 0 fully saturated rings. The number of thioether (sulfide) groups is 1. The SMILES string of the molecule is CSc1nc2c(c(=O)[nH]1)[C@@H](C(=O)Nc1ccc(C)c(Cl)c1)CC(=O)N2. The van der Waals surface area contributed by atoms with Gasteiger partial charge < -0.3 is 15.6 Å². The van der Waals surface area contributed by atoms with Crippen molar-refractivity contribution in [1.29, 1.82) is 0 Å². The van der Waals surface area contributed by atoms with E-state index in [-0.39, 0.29) is 23.7 Å². The predicted octanol–water partition coefficient (Wildman–Crippen LogP) is 2.52. The van der Waals surface area contributed by atoms with Crippen molar-refractivity contribution in [2.45, 2.75) is 24.4 Å². The first-order valence-electron chi connectivity index (χ1n) is 7.44. The highest BCUT2D eigenvalue weighted by molar-refractivity contribution is 7.98. The van der Waals surface area contributed by atoms with Crippen LogP contribution in [0.15, 0.2) is 28.2 Å². The molecule has 2 heterocycles. The summed E-state index contributed by atoms with van der Waals surface area (Å²) in [6.45, 7) is 1.85. The number of benzene rings is 1. The molecule has 130 valence electrons. The molecule has 1 aromatic carbocycles. The van der Waals surface area contributed by atoms with Gasteiger partial charge in [0, 0.05) is 17.1 Å². The third kappa shape index (κ3) is 3.54. The second kappa shape index (κ2) is 6.89. The van der Waals surface area contributed by atoms with Crippen LogP contribution in [0.1, 0.15) is 23.5 Å². The van der Waals surface area contributed by atoms with Gasteiger partial charge in [-0.2, -0.15) is 0 Å². The second-order valence-corrected chi connectivity index (χ2v) is 6.80. The van der Waals surface area contributed by atoms with E-state index in [4.69, 9.17) is 11.6 Å². The lowest BCUT2D eigenvalue weighted by Gasteiger charge is -2.23. The van der Waals surface area contributed by atoms with Crippen LogP contribution in [-0.4, -0.2) is 28.0 Å². The smallest absolute Gasteiger partial charge is 0.257 e. The molecule has 0 aliphatic carbocycles. The number of amides is 2. The van der Waals surface area contributed by atoms with E-state index in [9.17, 15) is 14.4 Å². The molecule has 1 aromatic heterocycles. The molecule has 0 saturated carbocycles. The van der Waals surface area contributed by atoms with Crippen molar-refractivity contribution < 1.29 is 9.59 Å².